The summed E-state index contributed by atoms with van der Waals surface area (Å²) >= 11 is 9.27. The maximum atomic E-state index is 12.6. The van der Waals surface area contributed by atoms with Gasteiger partial charge in [0, 0.05) is 60.4 Å². The first kappa shape index (κ1) is 69.9. The molecule has 9 rings (SSSR count). The number of imidazole rings is 3. The second-order valence-electron chi connectivity index (χ2n) is 18.9. The Labute approximate surface area is 539 Å². The molecule has 4 aromatic heterocycles. The number of furan rings is 1. The van der Waals surface area contributed by atoms with Crippen LogP contribution >= 0.6 is 27.5 Å². The average Bonchev–Trinajstić information content (AvgIpc) is 4.17. The van der Waals surface area contributed by atoms with Crippen LogP contribution in [0, 0.1) is 52.2 Å². The van der Waals surface area contributed by atoms with Crippen LogP contribution in [0.25, 0.3) is 24.3 Å². The number of hydrogen-bond donors (Lipinski definition) is 8. The van der Waals surface area contributed by atoms with Gasteiger partial charge in [-0.05, 0) is 113 Å². The first-order valence-electron chi connectivity index (χ1n) is 27.2. The highest BCUT2D eigenvalue weighted by Gasteiger charge is 2.21. The Morgan fingerprint density at radius 2 is 1.08 bits per heavy atom. The van der Waals surface area contributed by atoms with Crippen LogP contribution in [0.4, 0.5) is 0 Å². The fraction of sp³-hybridized carbons (Fsp3) is 0.132. The lowest BCUT2D eigenvalue weighted by Crippen LogP contribution is -2.30. The number of amides is 4. The van der Waals surface area contributed by atoms with Gasteiger partial charge in [-0.25, -0.2) is 15.0 Å². The summed E-state index contributed by atoms with van der Waals surface area (Å²) in [5.41, 5.74) is 4.13. The first-order valence-corrected chi connectivity index (χ1v) is 28.4. The number of halogens is 2. The number of ether oxygens (including phenoxy) is 1. The molecule has 460 valence electrons. The fourth-order valence-electron chi connectivity index (χ4n) is 8.00. The normalized spacial score (nSPS) is 11.6. The molecule has 0 aliphatic heterocycles. The molecule has 9 aromatic rings. The van der Waals surface area contributed by atoms with E-state index < -0.39 is 23.6 Å². The van der Waals surface area contributed by atoms with Gasteiger partial charge in [-0.3, -0.25) is 19.2 Å². The molecule has 4 amide bonds. The van der Waals surface area contributed by atoms with Crippen LogP contribution in [-0.4, -0.2) is 65.7 Å². The molecule has 5 aromatic carbocycles. The molecule has 8 N–H and O–H groups in total. The van der Waals surface area contributed by atoms with Gasteiger partial charge in [0.25, 0.3) is 23.6 Å². The SMILES string of the molecule is C.COc1cccc([C@H](C)NC(=O)/C(C#N)=C/c2ncc[nH]2)c1.C[C@H](NC(=O)/C(C#N)=C/c1ncc[nH]1)c1ccccc1Cl.Cc1ccc(CNC(=O)/C(C#N)=C/c2ccc(O)c(Br)c2)o1.N#C/C(=C\c1ncc[nH]1)C(=O)NC(c1ccccc1)c1ccccc1. The Balaban J connectivity index is 0.000000220. The summed E-state index contributed by atoms with van der Waals surface area (Å²) in [6, 6.07) is 48.9. The minimum atomic E-state index is -0.485. The number of aromatic hydroxyl groups is 1. The van der Waals surface area contributed by atoms with Crippen molar-refractivity contribution in [2.24, 2.45) is 0 Å². The number of benzene rings is 5. The van der Waals surface area contributed by atoms with E-state index in [1.54, 1.807) is 81.5 Å². The molecule has 0 aliphatic rings. The average molecular weight is 1300 g/mol. The van der Waals surface area contributed by atoms with Crippen molar-refractivity contribution < 1.29 is 33.4 Å². The first-order chi connectivity index (χ1) is 43.5. The molecular weight excluding hydrogens is 1240 g/mol. The highest BCUT2D eigenvalue weighted by molar-refractivity contribution is 9.10. The molecule has 2 atom stereocenters. The monoisotopic (exact) mass is 1300 g/mol. The Hall–Kier alpha value is -11.8. The van der Waals surface area contributed by atoms with E-state index in [0.29, 0.717) is 44.0 Å². The molecule has 0 fully saturated rings. The summed E-state index contributed by atoms with van der Waals surface area (Å²) in [5.74, 6) is 1.70. The number of nitrogens with zero attached hydrogens (tertiary/aromatic N) is 7. The van der Waals surface area contributed by atoms with Crippen LogP contribution in [0.3, 0.4) is 0 Å². The predicted octanol–water partition coefficient (Wildman–Crippen LogP) is 12.2. The van der Waals surface area contributed by atoms with Gasteiger partial charge in [-0.15, -0.1) is 0 Å². The smallest absolute Gasteiger partial charge is 0.262 e. The highest BCUT2D eigenvalue weighted by atomic mass is 79.9. The third-order valence-electron chi connectivity index (χ3n) is 12.6. The molecular formula is C68H62BrClN14O7. The third kappa shape index (κ3) is 22.1. The van der Waals surface area contributed by atoms with Crippen molar-refractivity contribution in [2.75, 3.05) is 7.11 Å². The van der Waals surface area contributed by atoms with Gasteiger partial charge in [-0.1, -0.05) is 116 Å². The number of phenols is 1. The standard InChI is InChI=1S/C20H16N4O.C16H13BrN2O3.C16H16N4O2.C15H13ClN4O.CH4/c21-14-17(13-18-22-11-12-23-18)20(25)24-19(15-7-3-1-4-8-15)16-9-5-2-6-10-16;1-10-2-4-13(22-10)9-19-16(21)12(8-18)6-11-3-5-15(20)14(17)7-11;1-11(12-4-3-5-14(8-12)22-2)20-16(21)13(10-17)9-15-18-6-7-19-15;1-10(12-4-2-3-5-13(12)16)20-15(21)11(9-17)8-14-18-6-7-19-14;/h1-13,19H,(H,22,23)(H,24,25);2-7,20H,9H2,1H3,(H,19,21);3-9,11H,1-2H3,(H,18,19)(H,20,21);2-8,10H,1H3,(H,18,19)(H,20,21);1H4/b17-13+;12-6+;13-9+;11-8+;/t;;11-;10-;/m..00./s1. The van der Waals surface area contributed by atoms with E-state index in [1.807, 2.05) is 141 Å². The molecule has 4 heterocycles. The lowest BCUT2D eigenvalue weighted by molar-refractivity contribution is -0.118. The quantitative estimate of drug-likeness (QED) is 0.0292. The molecule has 0 bridgehead atoms. The number of nitriles is 4. The summed E-state index contributed by atoms with van der Waals surface area (Å²) in [6.07, 6.45) is 15.2. The van der Waals surface area contributed by atoms with E-state index in [0.717, 1.165) is 28.0 Å². The van der Waals surface area contributed by atoms with Crippen LogP contribution in [0.2, 0.25) is 5.02 Å². The third-order valence-corrected chi connectivity index (χ3v) is 13.5. The Kier molecular flexibility index (Phi) is 27.9. The van der Waals surface area contributed by atoms with Gasteiger partial charge in [0.15, 0.2) is 0 Å². The maximum absolute atomic E-state index is 12.6. The molecule has 0 saturated carbocycles. The highest BCUT2D eigenvalue weighted by Crippen LogP contribution is 2.27. The fourth-order valence-corrected chi connectivity index (χ4v) is 8.70. The summed E-state index contributed by atoms with van der Waals surface area (Å²) in [6.45, 7) is 5.68. The van der Waals surface area contributed by atoms with Crippen molar-refractivity contribution in [2.45, 2.75) is 52.9 Å². The largest absolute Gasteiger partial charge is 0.507 e. The van der Waals surface area contributed by atoms with E-state index in [1.165, 1.54) is 30.4 Å². The van der Waals surface area contributed by atoms with E-state index in [4.69, 9.17) is 36.5 Å². The zero-order chi connectivity index (χ0) is 64.8. The number of aromatic amines is 3. The van der Waals surface area contributed by atoms with Gasteiger partial charge in [-0.2, -0.15) is 21.0 Å². The van der Waals surface area contributed by atoms with Crippen molar-refractivity contribution in [1.82, 2.24) is 51.2 Å². The number of nitrogens with one attached hydrogen (secondary N) is 7. The molecule has 0 spiro atoms. The lowest BCUT2D eigenvalue weighted by atomic mass is 9.98. The van der Waals surface area contributed by atoms with Gasteiger partial charge in [0.1, 0.15) is 87.1 Å². The minimum absolute atomic E-state index is 0. The van der Waals surface area contributed by atoms with Crippen LogP contribution in [0.1, 0.15) is 96.2 Å². The van der Waals surface area contributed by atoms with E-state index >= 15 is 0 Å². The summed E-state index contributed by atoms with van der Waals surface area (Å²) in [4.78, 5) is 69.3. The summed E-state index contributed by atoms with van der Waals surface area (Å²) in [5, 5.41) is 57.8. The van der Waals surface area contributed by atoms with E-state index in [-0.39, 0.29) is 60.1 Å². The molecule has 0 aliphatic carbocycles. The topological polar surface area (TPSA) is 340 Å². The molecule has 23 heteroatoms. The molecule has 91 heavy (non-hydrogen) atoms. The summed E-state index contributed by atoms with van der Waals surface area (Å²) < 4.78 is 11.0. The van der Waals surface area contributed by atoms with Crippen molar-refractivity contribution >= 4 is 75.5 Å². The number of aryl methyl sites for hydroxylation is 1. The second kappa shape index (κ2) is 36.4. The molecule has 0 radical (unpaired) electrons. The number of rotatable bonds is 18. The predicted molar refractivity (Wildman–Crippen MR) is 348 cm³/mol. The van der Waals surface area contributed by atoms with E-state index in [9.17, 15) is 29.5 Å². The van der Waals surface area contributed by atoms with Crippen LogP contribution in [-0.2, 0) is 25.7 Å². The van der Waals surface area contributed by atoms with Gasteiger partial charge < -0.3 is 50.5 Å². The molecule has 0 unspecified atom stereocenters. The Morgan fingerprint density at radius 1 is 0.604 bits per heavy atom. The molecule has 0 saturated heterocycles. The van der Waals surface area contributed by atoms with Crippen LogP contribution in [0.5, 0.6) is 11.5 Å². The zero-order valence-corrected chi connectivity index (χ0v) is 51.1. The summed E-state index contributed by atoms with van der Waals surface area (Å²) in [7, 11) is 1.59. The number of aromatic nitrogens is 6. The van der Waals surface area contributed by atoms with Crippen molar-refractivity contribution in [3.05, 3.63) is 265 Å². The number of carbonyl (C=O) groups is 4. The Bertz CT molecular complexity index is 4120. The Morgan fingerprint density at radius 3 is 1.53 bits per heavy atom. The van der Waals surface area contributed by atoms with Gasteiger partial charge in [0.05, 0.1) is 36.3 Å². The van der Waals surface area contributed by atoms with Crippen molar-refractivity contribution in [1.29, 1.82) is 21.0 Å². The maximum Gasteiger partial charge on any atom is 0.262 e. The van der Waals surface area contributed by atoms with Gasteiger partial charge >= 0.3 is 0 Å². The second-order valence-corrected chi connectivity index (χ2v) is 20.2. The van der Waals surface area contributed by atoms with Crippen molar-refractivity contribution in [3.63, 3.8) is 0 Å². The zero-order valence-electron chi connectivity index (χ0n) is 48.8. The molecule has 21 nitrogen and oxygen atoms in total. The lowest BCUT2D eigenvalue weighted by Gasteiger charge is -2.19. The van der Waals surface area contributed by atoms with Crippen molar-refractivity contribution in [3.8, 4) is 35.8 Å². The number of hydrogen-bond acceptors (Lipinski definition) is 14. The number of phenolic OH excluding ortho intramolecular Hbond substituents is 1. The van der Waals surface area contributed by atoms with E-state index in [2.05, 4.69) is 67.1 Å². The number of carbonyl (C=O) groups excluding carboxylic acids is 4. The van der Waals surface area contributed by atoms with Gasteiger partial charge in [0.2, 0.25) is 0 Å². The van der Waals surface area contributed by atoms with Crippen LogP contribution in [0.15, 0.2) is 208 Å². The number of H-pyrrole nitrogens is 3. The minimum Gasteiger partial charge on any atom is -0.507 e. The number of methoxy groups -OCH3 is 1. The van der Waals surface area contributed by atoms with Crippen LogP contribution < -0.4 is 26.0 Å².